The predicted octanol–water partition coefficient (Wildman–Crippen LogP) is 7.30. The molecule has 0 fully saturated rings. The van der Waals surface area contributed by atoms with Crippen molar-refractivity contribution < 1.29 is 20.4 Å². The lowest BCUT2D eigenvalue weighted by atomic mass is 10.0. The van der Waals surface area contributed by atoms with Crippen LogP contribution in [0.3, 0.4) is 0 Å². The summed E-state index contributed by atoms with van der Waals surface area (Å²) in [5, 5.41) is 36.6. The molecule has 0 aromatic heterocycles. The molecule has 0 aromatic rings. The molecule has 0 rings (SSSR count). The van der Waals surface area contributed by atoms with Gasteiger partial charge in [-0.15, -0.1) is 0 Å². The van der Waals surface area contributed by atoms with Crippen LogP contribution in [0.4, 0.5) is 0 Å². The van der Waals surface area contributed by atoms with E-state index >= 15 is 0 Å². The van der Waals surface area contributed by atoms with Gasteiger partial charge in [0.1, 0.15) is 0 Å². The SMILES string of the molecule is CCCCCCC(O)CCCCCCCO.CCCCCCC(O)CCCCCCCO. The minimum atomic E-state index is -0.0744. The molecule has 4 heteroatoms. The predicted molar refractivity (Wildman–Crippen MR) is 139 cm³/mol. The van der Waals surface area contributed by atoms with Crippen molar-refractivity contribution in [3.05, 3.63) is 0 Å². The van der Waals surface area contributed by atoms with E-state index in [9.17, 15) is 10.2 Å². The molecule has 2 unspecified atom stereocenters. The highest BCUT2D eigenvalue weighted by Gasteiger charge is 2.04. The maximum atomic E-state index is 9.71. The Kier molecular flexibility index (Phi) is 32.8. The summed E-state index contributed by atoms with van der Waals surface area (Å²) in [6, 6.07) is 0. The molecule has 196 valence electrons. The fraction of sp³-hybridized carbons (Fsp3) is 1.00. The topological polar surface area (TPSA) is 80.9 Å². The first-order chi connectivity index (χ1) is 15.6. The van der Waals surface area contributed by atoms with E-state index in [1.807, 2.05) is 0 Å². The van der Waals surface area contributed by atoms with Crippen LogP contribution in [0.2, 0.25) is 0 Å². The van der Waals surface area contributed by atoms with Gasteiger partial charge < -0.3 is 20.4 Å². The standard InChI is InChI=1S/2C14H30O2/c2*1-2-3-4-8-11-14(16)12-9-6-5-7-10-13-15/h2*14-16H,2-13H2,1H3. The van der Waals surface area contributed by atoms with Gasteiger partial charge >= 0.3 is 0 Å². The van der Waals surface area contributed by atoms with Crippen LogP contribution in [-0.2, 0) is 0 Å². The third-order valence-corrected chi connectivity index (χ3v) is 6.17. The van der Waals surface area contributed by atoms with Crippen molar-refractivity contribution in [1.29, 1.82) is 0 Å². The lowest BCUT2D eigenvalue weighted by Gasteiger charge is -2.09. The molecule has 4 N–H and O–H groups in total. The molecule has 0 amide bonds. The Morgan fingerprint density at radius 1 is 0.375 bits per heavy atom. The second-order valence-electron chi connectivity index (χ2n) is 9.57. The van der Waals surface area contributed by atoms with Gasteiger partial charge in [-0.3, -0.25) is 0 Å². The Hall–Kier alpha value is -0.160. The van der Waals surface area contributed by atoms with Crippen molar-refractivity contribution in [2.24, 2.45) is 0 Å². The van der Waals surface area contributed by atoms with Crippen molar-refractivity contribution in [2.75, 3.05) is 13.2 Å². The van der Waals surface area contributed by atoms with Crippen molar-refractivity contribution in [2.45, 2.75) is 167 Å². The smallest absolute Gasteiger partial charge is 0.0540 e. The monoisotopic (exact) mass is 460 g/mol. The minimum Gasteiger partial charge on any atom is -0.396 e. The fourth-order valence-electron chi connectivity index (χ4n) is 3.95. The second-order valence-corrected chi connectivity index (χ2v) is 9.57. The highest BCUT2D eigenvalue weighted by Crippen LogP contribution is 2.13. The summed E-state index contributed by atoms with van der Waals surface area (Å²) in [4.78, 5) is 0. The average Bonchev–Trinajstić information content (AvgIpc) is 2.79. The molecular formula is C28H60O4. The summed E-state index contributed by atoms with van der Waals surface area (Å²) in [6.45, 7) is 5.06. The Morgan fingerprint density at radius 3 is 0.906 bits per heavy atom. The van der Waals surface area contributed by atoms with Gasteiger partial charge in [0.2, 0.25) is 0 Å². The molecule has 0 aliphatic carbocycles. The highest BCUT2D eigenvalue weighted by atomic mass is 16.3. The third kappa shape index (κ3) is 32.0. The molecule has 0 saturated heterocycles. The number of aliphatic hydroxyl groups is 4. The van der Waals surface area contributed by atoms with Crippen molar-refractivity contribution in [3.8, 4) is 0 Å². The molecule has 32 heavy (non-hydrogen) atoms. The van der Waals surface area contributed by atoms with Crippen LogP contribution >= 0.6 is 0 Å². The molecule has 0 spiro atoms. The van der Waals surface area contributed by atoms with Gasteiger partial charge in [-0.1, -0.05) is 117 Å². The van der Waals surface area contributed by atoms with E-state index in [0.717, 1.165) is 64.2 Å². The molecular weight excluding hydrogens is 400 g/mol. The van der Waals surface area contributed by atoms with Gasteiger partial charge in [0.15, 0.2) is 0 Å². The van der Waals surface area contributed by atoms with E-state index in [0.29, 0.717) is 13.2 Å². The second kappa shape index (κ2) is 30.8. The molecule has 2 atom stereocenters. The zero-order chi connectivity index (χ0) is 24.1. The van der Waals surface area contributed by atoms with Crippen molar-refractivity contribution >= 4 is 0 Å². The molecule has 0 bridgehead atoms. The first-order valence-electron chi connectivity index (χ1n) is 14.2. The first kappa shape index (κ1) is 34.0. The van der Waals surface area contributed by atoms with Gasteiger partial charge in [0.05, 0.1) is 12.2 Å². The van der Waals surface area contributed by atoms with Gasteiger partial charge in [-0.2, -0.15) is 0 Å². The number of unbranched alkanes of at least 4 members (excludes halogenated alkanes) is 14. The fourth-order valence-corrected chi connectivity index (χ4v) is 3.95. The van der Waals surface area contributed by atoms with E-state index in [-0.39, 0.29) is 12.2 Å². The van der Waals surface area contributed by atoms with E-state index in [1.165, 1.54) is 77.0 Å². The Balaban J connectivity index is 0. The molecule has 4 nitrogen and oxygen atoms in total. The molecule has 0 aromatic carbocycles. The van der Waals surface area contributed by atoms with Crippen molar-refractivity contribution in [3.63, 3.8) is 0 Å². The highest BCUT2D eigenvalue weighted by molar-refractivity contribution is 4.58. The number of hydrogen-bond acceptors (Lipinski definition) is 4. The van der Waals surface area contributed by atoms with E-state index < -0.39 is 0 Å². The van der Waals surface area contributed by atoms with Gasteiger partial charge in [-0.25, -0.2) is 0 Å². The van der Waals surface area contributed by atoms with E-state index in [2.05, 4.69) is 13.8 Å². The average molecular weight is 461 g/mol. The molecule has 0 aliphatic rings. The van der Waals surface area contributed by atoms with Crippen LogP contribution in [0, 0.1) is 0 Å². The molecule has 0 aliphatic heterocycles. The summed E-state index contributed by atoms with van der Waals surface area (Å²) in [5.74, 6) is 0. The Bertz CT molecular complexity index is 282. The van der Waals surface area contributed by atoms with Crippen LogP contribution in [0.1, 0.15) is 155 Å². The van der Waals surface area contributed by atoms with Gasteiger partial charge in [0, 0.05) is 13.2 Å². The summed E-state index contributed by atoms with van der Waals surface area (Å²) in [5.41, 5.74) is 0. The van der Waals surface area contributed by atoms with Crippen LogP contribution in [0.15, 0.2) is 0 Å². The molecule has 0 heterocycles. The molecule has 0 saturated carbocycles. The summed E-state index contributed by atoms with van der Waals surface area (Å²) < 4.78 is 0. The van der Waals surface area contributed by atoms with Crippen LogP contribution in [0.5, 0.6) is 0 Å². The summed E-state index contributed by atoms with van der Waals surface area (Å²) in [7, 11) is 0. The van der Waals surface area contributed by atoms with Crippen LogP contribution < -0.4 is 0 Å². The largest absolute Gasteiger partial charge is 0.396 e. The summed E-state index contributed by atoms with van der Waals surface area (Å²) in [6.07, 6.45) is 25.0. The lowest BCUT2D eigenvalue weighted by molar-refractivity contribution is 0.146. The van der Waals surface area contributed by atoms with Crippen LogP contribution in [0.25, 0.3) is 0 Å². The number of rotatable bonds is 24. The third-order valence-electron chi connectivity index (χ3n) is 6.17. The first-order valence-corrected chi connectivity index (χ1v) is 14.2. The maximum Gasteiger partial charge on any atom is 0.0540 e. The van der Waals surface area contributed by atoms with E-state index in [4.69, 9.17) is 10.2 Å². The Labute approximate surface area is 201 Å². The van der Waals surface area contributed by atoms with Crippen LogP contribution in [-0.4, -0.2) is 45.8 Å². The quantitative estimate of drug-likeness (QED) is 0.114. The summed E-state index contributed by atoms with van der Waals surface area (Å²) >= 11 is 0. The zero-order valence-corrected chi connectivity index (χ0v) is 21.9. The van der Waals surface area contributed by atoms with Crippen molar-refractivity contribution in [1.82, 2.24) is 0 Å². The normalized spacial score (nSPS) is 12.9. The molecule has 0 radical (unpaired) electrons. The number of aliphatic hydroxyl groups excluding tert-OH is 4. The van der Waals surface area contributed by atoms with E-state index in [1.54, 1.807) is 0 Å². The van der Waals surface area contributed by atoms with Gasteiger partial charge in [0.25, 0.3) is 0 Å². The number of hydrogen-bond donors (Lipinski definition) is 4. The minimum absolute atomic E-state index is 0.0744. The van der Waals surface area contributed by atoms with Gasteiger partial charge in [-0.05, 0) is 38.5 Å². The maximum absolute atomic E-state index is 9.71. The zero-order valence-electron chi connectivity index (χ0n) is 21.9. The Morgan fingerprint density at radius 2 is 0.625 bits per heavy atom. The lowest BCUT2D eigenvalue weighted by Crippen LogP contribution is -2.05.